The summed E-state index contributed by atoms with van der Waals surface area (Å²) in [5.41, 5.74) is -0.154. The molecule has 152 valence electrons. The van der Waals surface area contributed by atoms with Crippen LogP contribution in [-0.2, 0) is 14.4 Å². The summed E-state index contributed by atoms with van der Waals surface area (Å²) >= 11 is 1.15. The maximum Gasteiger partial charge on any atom is 0.260 e. The standard InChI is InChI=1S/C18H22F2N4O3S/c1-10(2)21-16(26)8-24(3)9-17-23-18(27)14(28-17)7-15(25)22-13-5-4-11(19)6-12(13)20/h4-6,10,14H,7-9H2,1-3H3,(H,21,26)(H,22,25)/t14-/m0/s1. The number of carbonyl (C=O) groups is 3. The van der Waals surface area contributed by atoms with Gasteiger partial charge in [-0.3, -0.25) is 19.3 Å². The van der Waals surface area contributed by atoms with Gasteiger partial charge < -0.3 is 10.6 Å². The van der Waals surface area contributed by atoms with Gasteiger partial charge in [0.15, 0.2) is 0 Å². The summed E-state index contributed by atoms with van der Waals surface area (Å²) < 4.78 is 26.5. The molecular weight excluding hydrogens is 390 g/mol. The lowest BCUT2D eigenvalue weighted by Gasteiger charge is -2.17. The predicted octanol–water partition coefficient (Wildman–Crippen LogP) is 1.79. The maximum absolute atomic E-state index is 13.6. The van der Waals surface area contributed by atoms with E-state index in [2.05, 4.69) is 15.6 Å². The van der Waals surface area contributed by atoms with E-state index in [1.807, 2.05) is 13.8 Å². The monoisotopic (exact) mass is 412 g/mol. The summed E-state index contributed by atoms with van der Waals surface area (Å²) in [6, 6.07) is 2.85. The summed E-state index contributed by atoms with van der Waals surface area (Å²) in [4.78, 5) is 41.5. The van der Waals surface area contributed by atoms with Crippen molar-refractivity contribution in [3.63, 3.8) is 0 Å². The van der Waals surface area contributed by atoms with Gasteiger partial charge in [0.25, 0.3) is 5.91 Å². The zero-order valence-corrected chi connectivity index (χ0v) is 16.6. The number of thioether (sulfide) groups is 1. The summed E-state index contributed by atoms with van der Waals surface area (Å²) in [5.74, 6) is -2.80. The number of nitrogens with one attached hydrogen (secondary N) is 2. The molecule has 1 aromatic rings. The molecule has 1 aliphatic heterocycles. The number of amides is 3. The maximum atomic E-state index is 13.6. The van der Waals surface area contributed by atoms with Gasteiger partial charge in [0, 0.05) is 25.1 Å². The molecule has 7 nitrogen and oxygen atoms in total. The van der Waals surface area contributed by atoms with E-state index in [4.69, 9.17) is 0 Å². The number of carbonyl (C=O) groups excluding carboxylic acids is 3. The third-order valence-electron chi connectivity index (χ3n) is 3.63. The molecule has 28 heavy (non-hydrogen) atoms. The Labute approximate surface area is 165 Å². The molecule has 2 N–H and O–H groups in total. The number of nitrogens with zero attached hydrogens (tertiary/aromatic N) is 2. The zero-order chi connectivity index (χ0) is 20.8. The molecule has 2 rings (SSSR count). The highest BCUT2D eigenvalue weighted by molar-refractivity contribution is 8.15. The first-order chi connectivity index (χ1) is 13.1. The number of aliphatic imine (C=N–C) groups is 1. The molecule has 3 amide bonds. The Hall–Kier alpha value is -2.33. The second-order valence-corrected chi connectivity index (χ2v) is 8.00. The Bertz CT molecular complexity index is 801. The van der Waals surface area contributed by atoms with Crippen molar-refractivity contribution in [2.45, 2.75) is 31.6 Å². The van der Waals surface area contributed by atoms with Crippen LogP contribution >= 0.6 is 11.8 Å². The first kappa shape index (κ1) is 22.0. The molecule has 0 saturated heterocycles. The van der Waals surface area contributed by atoms with Crippen LogP contribution in [0, 0.1) is 11.6 Å². The lowest BCUT2D eigenvalue weighted by Crippen LogP contribution is -2.39. The number of anilines is 1. The minimum Gasteiger partial charge on any atom is -0.353 e. The van der Waals surface area contributed by atoms with Crippen LogP contribution in [0.25, 0.3) is 0 Å². The van der Waals surface area contributed by atoms with Gasteiger partial charge in [0.05, 0.1) is 17.3 Å². The molecule has 1 aromatic carbocycles. The number of benzene rings is 1. The van der Waals surface area contributed by atoms with Crippen LogP contribution in [-0.4, -0.2) is 59.1 Å². The molecule has 0 fully saturated rings. The summed E-state index contributed by atoms with van der Waals surface area (Å²) in [6.07, 6.45) is -0.190. The average Bonchev–Trinajstić information content (AvgIpc) is 2.88. The van der Waals surface area contributed by atoms with Crippen LogP contribution in [0.5, 0.6) is 0 Å². The Morgan fingerprint density at radius 1 is 1.29 bits per heavy atom. The number of rotatable bonds is 8. The molecule has 0 spiro atoms. The first-order valence-electron chi connectivity index (χ1n) is 8.65. The normalized spacial score (nSPS) is 16.5. The molecular formula is C18H22F2N4O3S. The second kappa shape index (κ2) is 9.74. The first-order valence-corrected chi connectivity index (χ1v) is 9.53. The lowest BCUT2D eigenvalue weighted by molar-refractivity contribution is -0.122. The minimum atomic E-state index is -0.892. The summed E-state index contributed by atoms with van der Waals surface area (Å²) in [6.45, 7) is 4.18. The highest BCUT2D eigenvalue weighted by Gasteiger charge is 2.31. The average molecular weight is 412 g/mol. The van der Waals surface area contributed by atoms with Gasteiger partial charge in [0.1, 0.15) is 16.9 Å². The smallest absolute Gasteiger partial charge is 0.260 e. The second-order valence-electron chi connectivity index (χ2n) is 6.72. The number of hydrogen-bond donors (Lipinski definition) is 2. The highest BCUT2D eigenvalue weighted by atomic mass is 32.2. The largest absolute Gasteiger partial charge is 0.353 e. The van der Waals surface area contributed by atoms with Gasteiger partial charge in [-0.25, -0.2) is 13.8 Å². The molecule has 0 unspecified atom stereocenters. The molecule has 0 aromatic heterocycles. The van der Waals surface area contributed by atoms with E-state index in [0.29, 0.717) is 17.7 Å². The fourth-order valence-corrected chi connectivity index (χ4v) is 3.65. The van der Waals surface area contributed by atoms with Crippen LogP contribution in [0.4, 0.5) is 14.5 Å². The van der Waals surface area contributed by atoms with Crippen molar-refractivity contribution in [2.24, 2.45) is 4.99 Å². The minimum absolute atomic E-state index is 0.0366. The van der Waals surface area contributed by atoms with Crippen molar-refractivity contribution in [2.75, 3.05) is 25.5 Å². The molecule has 0 saturated carbocycles. The van der Waals surface area contributed by atoms with Gasteiger partial charge in [-0.2, -0.15) is 0 Å². The van der Waals surface area contributed by atoms with Gasteiger partial charge >= 0.3 is 0 Å². The van der Waals surface area contributed by atoms with Crippen molar-refractivity contribution in [1.29, 1.82) is 0 Å². The van der Waals surface area contributed by atoms with E-state index in [1.54, 1.807) is 11.9 Å². The predicted molar refractivity (Wildman–Crippen MR) is 104 cm³/mol. The zero-order valence-electron chi connectivity index (χ0n) is 15.8. The molecule has 1 atom stereocenters. The molecule has 0 bridgehead atoms. The number of likely N-dealkylation sites (N-methyl/N-ethyl adjacent to an activating group) is 1. The van der Waals surface area contributed by atoms with E-state index < -0.39 is 28.7 Å². The van der Waals surface area contributed by atoms with Gasteiger partial charge in [-0.05, 0) is 33.0 Å². The van der Waals surface area contributed by atoms with Crippen molar-refractivity contribution >= 4 is 40.2 Å². The van der Waals surface area contributed by atoms with Crippen molar-refractivity contribution in [3.8, 4) is 0 Å². The van der Waals surface area contributed by atoms with Gasteiger partial charge in [-0.15, -0.1) is 0 Å². The quantitative estimate of drug-likeness (QED) is 0.679. The molecule has 1 aliphatic rings. The number of halogens is 2. The summed E-state index contributed by atoms with van der Waals surface area (Å²) in [5, 5.41) is 4.89. The Morgan fingerprint density at radius 3 is 2.64 bits per heavy atom. The third-order valence-corrected chi connectivity index (χ3v) is 4.78. The molecule has 0 aliphatic carbocycles. The third kappa shape index (κ3) is 6.68. The van der Waals surface area contributed by atoms with Crippen molar-refractivity contribution in [1.82, 2.24) is 10.2 Å². The molecule has 0 radical (unpaired) electrons. The fraction of sp³-hybridized carbons (Fsp3) is 0.444. The Kier molecular flexibility index (Phi) is 7.64. The Balaban J connectivity index is 1.83. The van der Waals surface area contributed by atoms with E-state index in [9.17, 15) is 23.2 Å². The van der Waals surface area contributed by atoms with Crippen LogP contribution in [0.1, 0.15) is 20.3 Å². The molecule has 10 heteroatoms. The highest BCUT2D eigenvalue weighted by Crippen LogP contribution is 2.26. The van der Waals surface area contributed by atoms with Gasteiger partial charge in [-0.1, -0.05) is 11.8 Å². The van der Waals surface area contributed by atoms with Crippen LogP contribution < -0.4 is 10.6 Å². The van der Waals surface area contributed by atoms with E-state index in [0.717, 1.165) is 23.9 Å². The summed E-state index contributed by atoms with van der Waals surface area (Å²) in [7, 11) is 1.73. The van der Waals surface area contributed by atoms with E-state index in [1.165, 1.54) is 0 Å². The topological polar surface area (TPSA) is 90.9 Å². The Morgan fingerprint density at radius 2 is 2.00 bits per heavy atom. The lowest BCUT2D eigenvalue weighted by atomic mass is 10.2. The van der Waals surface area contributed by atoms with E-state index >= 15 is 0 Å². The number of hydrogen-bond acceptors (Lipinski definition) is 5. The fourth-order valence-electron chi connectivity index (χ4n) is 2.50. The van der Waals surface area contributed by atoms with E-state index in [-0.39, 0.29) is 30.6 Å². The van der Waals surface area contributed by atoms with Crippen LogP contribution in [0.3, 0.4) is 0 Å². The van der Waals surface area contributed by atoms with Gasteiger partial charge in [0.2, 0.25) is 11.8 Å². The van der Waals surface area contributed by atoms with Crippen molar-refractivity contribution < 1.29 is 23.2 Å². The van der Waals surface area contributed by atoms with Crippen LogP contribution in [0.2, 0.25) is 0 Å². The molecule has 1 heterocycles. The SMILES string of the molecule is CC(C)NC(=O)CN(C)CC1=NC(=O)[C@H](CC(=O)Nc2ccc(F)cc2F)S1. The van der Waals surface area contributed by atoms with Crippen LogP contribution in [0.15, 0.2) is 23.2 Å². The van der Waals surface area contributed by atoms with Crippen molar-refractivity contribution in [3.05, 3.63) is 29.8 Å².